The Kier molecular flexibility index (Phi) is 7.37. The molecule has 234 valence electrons. The molecule has 1 nitrogen and oxygen atoms in total. The lowest BCUT2D eigenvalue weighted by atomic mass is 9.78. The average molecular weight is 612 g/mol. The molecule has 3 aromatic rings. The van der Waals surface area contributed by atoms with E-state index in [1.807, 2.05) is 0 Å². The second kappa shape index (κ2) is 12.0. The summed E-state index contributed by atoms with van der Waals surface area (Å²) in [5, 5.41) is 0. The van der Waals surface area contributed by atoms with E-state index in [1.165, 1.54) is 87.2 Å². The van der Waals surface area contributed by atoms with E-state index < -0.39 is 0 Å². The lowest BCUT2D eigenvalue weighted by Gasteiger charge is -2.33. The Morgan fingerprint density at radius 2 is 1.64 bits per heavy atom. The molecular formula is C46H45N. The lowest BCUT2D eigenvalue weighted by molar-refractivity contribution is 0.566. The minimum absolute atomic E-state index is 0.380. The first kappa shape index (κ1) is 28.8. The summed E-state index contributed by atoms with van der Waals surface area (Å²) in [6.07, 6.45) is 30.5. The molecule has 1 heterocycles. The van der Waals surface area contributed by atoms with Gasteiger partial charge in [-0.25, -0.2) is 0 Å². The van der Waals surface area contributed by atoms with Crippen molar-refractivity contribution in [1.29, 1.82) is 0 Å². The Morgan fingerprint density at radius 1 is 0.745 bits per heavy atom. The molecule has 0 amide bonds. The van der Waals surface area contributed by atoms with E-state index in [-0.39, 0.29) is 0 Å². The second-order valence-corrected chi connectivity index (χ2v) is 14.5. The van der Waals surface area contributed by atoms with Gasteiger partial charge in [-0.15, -0.1) is 0 Å². The van der Waals surface area contributed by atoms with Gasteiger partial charge >= 0.3 is 0 Å². The Morgan fingerprint density at radius 3 is 2.49 bits per heavy atom. The summed E-state index contributed by atoms with van der Waals surface area (Å²) < 4.78 is 0. The lowest BCUT2D eigenvalue weighted by Crippen LogP contribution is -2.33. The number of fused-ring (bicyclic) bond motifs is 5. The van der Waals surface area contributed by atoms with Crippen LogP contribution in [0.1, 0.15) is 110 Å². The fraction of sp³-hybridized carbons (Fsp3) is 0.304. The Hall–Kier alpha value is -4.36. The van der Waals surface area contributed by atoms with Crippen LogP contribution in [0, 0.1) is 0 Å². The van der Waals surface area contributed by atoms with E-state index in [4.69, 9.17) is 0 Å². The Labute approximate surface area is 281 Å². The minimum Gasteiger partial charge on any atom is -0.337 e. The summed E-state index contributed by atoms with van der Waals surface area (Å²) in [6.45, 7) is 2.47. The summed E-state index contributed by atoms with van der Waals surface area (Å²) in [4.78, 5) is 2.67. The van der Waals surface area contributed by atoms with Gasteiger partial charge in [0.1, 0.15) is 0 Å². The summed E-state index contributed by atoms with van der Waals surface area (Å²) in [6, 6.07) is 28.2. The van der Waals surface area contributed by atoms with Gasteiger partial charge in [0.15, 0.2) is 0 Å². The normalized spacial score (nSPS) is 26.3. The molecule has 0 spiro atoms. The van der Waals surface area contributed by atoms with Crippen molar-refractivity contribution >= 4 is 16.8 Å². The van der Waals surface area contributed by atoms with Gasteiger partial charge in [0.05, 0.1) is 6.04 Å². The molecule has 0 saturated carbocycles. The van der Waals surface area contributed by atoms with Gasteiger partial charge in [-0.05, 0) is 132 Å². The Bertz CT molecular complexity index is 1940. The van der Waals surface area contributed by atoms with Crippen molar-refractivity contribution in [2.45, 2.75) is 88.5 Å². The van der Waals surface area contributed by atoms with Crippen LogP contribution in [0.5, 0.6) is 0 Å². The highest BCUT2D eigenvalue weighted by Gasteiger charge is 2.39. The van der Waals surface area contributed by atoms with Crippen LogP contribution in [-0.4, -0.2) is 6.04 Å². The monoisotopic (exact) mass is 611 g/mol. The second-order valence-electron chi connectivity index (χ2n) is 14.5. The topological polar surface area (TPSA) is 3.24 Å². The van der Waals surface area contributed by atoms with Crippen LogP contribution in [0.3, 0.4) is 0 Å². The number of hydrogen-bond donors (Lipinski definition) is 0. The summed E-state index contributed by atoms with van der Waals surface area (Å²) in [5.41, 5.74) is 17.7. The number of allylic oxidation sites excluding steroid dienone is 12. The van der Waals surface area contributed by atoms with Crippen molar-refractivity contribution < 1.29 is 0 Å². The highest BCUT2D eigenvalue weighted by Crippen LogP contribution is 2.52. The minimum atomic E-state index is 0.380. The molecule has 1 aliphatic heterocycles. The molecule has 0 N–H and O–H groups in total. The predicted molar refractivity (Wildman–Crippen MR) is 198 cm³/mol. The fourth-order valence-corrected chi connectivity index (χ4v) is 9.38. The van der Waals surface area contributed by atoms with Crippen molar-refractivity contribution in [2.24, 2.45) is 0 Å². The standard InChI is InChI=1S/C46H45N/c1-31-39-25-23-34(32-13-5-2-6-14-32)28-43(39)42-27-35(21-22-37(42)30-41(31)33-15-7-3-8-16-33)36-24-26-46-44(29-36)40-19-11-12-20-45(40)47(46)38-17-9-4-10-18-38/h3,5,7-8,11-17,19-20,23-29,31,41,44,46H,2,4,6,9-10,18,21-22,30H2,1H3/t31-,41?,44?,46?/m1/s1. The van der Waals surface area contributed by atoms with E-state index in [1.54, 1.807) is 5.57 Å². The van der Waals surface area contributed by atoms with E-state index in [0.29, 0.717) is 23.8 Å². The molecule has 3 unspecified atom stereocenters. The molecule has 4 atom stereocenters. The molecule has 6 aliphatic rings. The van der Waals surface area contributed by atoms with Gasteiger partial charge in [-0.3, -0.25) is 0 Å². The van der Waals surface area contributed by atoms with Crippen LogP contribution in [0.2, 0.25) is 0 Å². The third kappa shape index (κ3) is 5.07. The van der Waals surface area contributed by atoms with Crippen LogP contribution < -0.4 is 4.90 Å². The number of para-hydroxylation sites is 1. The maximum Gasteiger partial charge on any atom is 0.0626 e. The predicted octanol–water partition coefficient (Wildman–Crippen LogP) is 12.1. The van der Waals surface area contributed by atoms with Crippen molar-refractivity contribution in [3.05, 3.63) is 172 Å². The third-order valence-corrected chi connectivity index (χ3v) is 11.9. The molecule has 0 fully saturated rings. The first-order valence-electron chi connectivity index (χ1n) is 18.2. The van der Waals surface area contributed by atoms with Crippen molar-refractivity contribution in [3.63, 3.8) is 0 Å². The quantitative estimate of drug-likeness (QED) is 0.284. The van der Waals surface area contributed by atoms with E-state index in [2.05, 4.69) is 133 Å². The van der Waals surface area contributed by atoms with Crippen LogP contribution in [0.15, 0.2) is 144 Å². The molecular weight excluding hydrogens is 567 g/mol. The molecule has 0 saturated heterocycles. The van der Waals surface area contributed by atoms with Gasteiger partial charge in [0.2, 0.25) is 0 Å². The van der Waals surface area contributed by atoms with Crippen molar-refractivity contribution in [1.82, 2.24) is 0 Å². The molecule has 0 bridgehead atoms. The van der Waals surface area contributed by atoms with Gasteiger partial charge in [-0.2, -0.15) is 0 Å². The molecule has 0 aromatic heterocycles. The zero-order chi connectivity index (χ0) is 31.3. The average Bonchev–Trinajstić information content (AvgIpc) is 3.42. The molecule has 9 rings (SSSR count). The molecule has 1 heteroatoms. The summed E-state index contributed by atoms with van der Waals surface area (Å²) in [5.74, 6) is 1.33. The maximum atomic E-state index is 2.67. The zero-order valence-corrected chi connectivity index (χ0v) is 27.7. The highest BCUT2D eigenvalue weighted by molar-refractivity contribution is 5.86. The SMILES string of the molecule is C[C@@H]1c2ccc(C3=CCCC=C3)cc2C2=C(CCC(C3=CC4c5ccccc5N(C5=CCCCC5)C4C=C3)=C2)CC1c1ccccc1. The van der Waals surface area contributed by atoms with E-state index in [9.17, 15) is 0 Å². The summed E-state index contributed by atoms with van der Waals surface area (Å²) in [7, 11) is 0. The van der Waals surface area contributed by atoms with Crippen molar-refractivity contribution in [2.75, 3.05) is 4.90 Å². The van der Waals surface area contributed by atoms with Crippen LogP contribution in [-0.2, 0) is 0 Å². The van der Waals surface area contributed by atoms with Crippen LogP contribution in [0.4, 0.5) is 5.69 Å². The third-order valence-electron chi connectivity index (χ3n) is 11.9. The number of rotatable bonds is 4. The van der Waals surface area contributed by atoms with Gasteiger partial charge in [0.25, 0.3) is 0 Å². The van der Waals surface area contributed by atoms with Gasteiger partial charge in [-0.1, -0.05) is 122 Å². The highest BCUT2D eigenvalue weighted by atomic mass is 15.2. The van der Waals surface area contributed by atoms with Gasteiger partial charge in [0, 0.05) is 17.3 Å². The molecule has 3 aromatic carbocycles. The van der Waals surface area contributed by atoms with Gasteiger partial charge < -0.3 is 4.90 Å². The van der Waals surface area contributed by atoms with Crippen LogP contribution in [0.25, 0.3) is 11.1 Å². The van der Waals surface area contributed by atoms with E-state index in [0.717, 1.165) is 32.1 Å². The molecule has 47 heavy (non-hydrogen) atoms. The fourth-order valence-electron chi connectivity index (χ4n) is 9.38. The number of anilines is 1. The number of benzene rings is 3. The zero-order valence-electron chi connectivity index (χ0n) is 27.7. The van der Waals surface area contributed by atoms with Crippen LogP contribution >= 0.6 is 0 Å². The van der Waals surface area contributed by atoms with Crippen molar-refractivity contribution in [3.8, 4) is 0 Å². The first-order chi connectivity index (χ1) is 23.2. The Balaban J connectivity index is 1.13. The number of nitrogens with zero attached hydrogens (tertiary/aromatic N) is 1. The maximum absolute atomic E-state index is 2.67. The van der Waals surface area contributed by atoms with E-state index >= 15 is 0 Å². The molecule has 5 aliphatic carbocycles. The first-order valence-corrected chi connectivity index (χ1v) is 18.2. The smallest absolute Gasteiger partial charge is 0.0626 e. The number of hydrogen-bond acceptors (Lipinski definition) is 1. The largest absolute Gasteiger partial charge is 0.337 e. The summed E-state index contributed by atoms with van der Waals surface area (Å²) >= 11 is 0. The molecule has 0 radical (unpaired) electrons.